The monoisotopic (exact) mass is 310 g/mol. The molecular weight excluding hydrogens is 288 g/mol. The van der Waals surface area contributed by atoms with E-state index >= 15 is 0 Å². The number of oxime groups is 1. The lowest BCUT2D eigenvalue weighted by atomic mass is 9.78. The first-order valence-electron chi connectivity index (χ1n) is 7.34. The molecule has 0 bridgehead atoms. The van der Waals surface area contributed by atoms with Gasteiger partial charge in [0.15, 0.2) is 5.84 Å². The van der Waals surface area contributed by atoms with E-state index in [0.717, 1.165) is 30.7 Å². The van der Waals surface area contributed by atoms with E-state index in [2.05, 4.69) is 15.5 Å². The van der Waals surface area contributed by atoms with E-state index in [-0.39, 0.29) is 11.7 Å². The van der Waals surface area contributed by atoms with Crippen LogP contribution in [0.4, 0.5) is 0 Å². The van der Waals surface area contributed by atoms with Crippen molar-refractivity contribution in [1.29, 1.82) is 0 Å². The average Bonchev–Trinajstić information content (AvgIpc) is 2.88. The molecule has 4 N–H and O–H groups in total. The molecule has 0 saturated heterocycles. The molecule has 1 aliphatic carbocycles. The van der Waals surface area contributed by atoms with E-state index in [4.69, 9.17) is 10.9 Å². The third-order valence-electron chi connectivity index (χ3n) is 4.10. The molecule has 1 saturated carbocycles. The molecule has 0 aromatic carbocycles. The summed E-state index contributed by atoms with van der Waals surface area (Å²) in [6.45, 7) is 0.521. The predicted molar refractivity (Wildman–Crippen MR) is 82.4 cm³/mol. The second-order valence-electron chi connectivity index (χ2n) is 5.41. The SMILES string of the molecule is NC(=NO)C1(C(=O)NCCc2nccs2)CCCCCC1. The number of aromatic nitrogens is 1. The van der Waals surface area contributed by atoms with Crippen LogP contribution >= 0.6 is 11.3 Å². The summed E-state index contributed by atoms with van der Waals surface area (Å²) in [5.74, 6) is -0.0904. The van der Waals surface area contributed by atoms with Crippen LogP contribution in [0.25, 0.3) is 0 Å². The summed E-state index contributed by atoms with van der Waals surface area (Å²) < 4.78 is 0. The summed E-state index contributed by atoms with van der Waals surface area (Å²) in [4.78, 5) is 16.8. The van der Waals surface area contributed by atoms with Crippen molar-refractivity contribution >= 4 is 23.1 Å². The summed E-state index contributed by atoms with van der Waals surface area (Å²) in [5, 5.41) is 18.0. The van der Waals surface area contributed by atoms with Gasteiger partial charge in [0, 0.05) is 24.5 Å². The Morgan fingerprint density at radius 3 is 2.71 bits per heavy atom. The number of amides is 1. The number of nitrogens with two attached hydrogens (primary N) is 1. The molecule has 1 aliphatic rings. The van der Waals surface area contributed by atoms with E-state index in [1.165, 1.54) is 0 Å². The highest BCUT2D eigenvalue weighted by atomic mass is 32.1. The van der Waals surface area contributed by atoms with Crippen LogP contribution in [0.3, 0.4) is 0 Å². The second-order valence-corrected chi connectivity index (χ2v) is 6.39. The maximum Gasteiger partial charge on any atom is 0.233 e. The summed E-state index contributed by atoms with van der Waals surface area (Å²) in [7, 11) is 0. The molecule has 116 valence electrons. The Balaban J connectivity index is 2.00. The Labute approximate surface area is 128 Å². The van der Waals surface area contributed by atoms with Gasteiger partial charge in [0.2, 0.25) is 5.91 Å². The van der Waals surface area contributed by atoms with Crippen molar-refractivity contribution < 1.29 is 10.0 Å². The predicted octanol–water partition coefficient (Wildman–Crippen LogP) is 1.89. The Kier molecular flexibility index (Phi) is 5.55. The van der Waals surface area contributed by atoms with Crippen molar-refractivity contribution in [2.75, 3.05) is 6.54 Å². The lowest BCUT2D eigenvalue weighted by Crippen LogP contribution is -2.50. The van der Waals surface area contributed by atoms with Crippen LogP contribution in [0.15, 0.2) is 16.7 Å². The molecular formula is C14H22N4O2S. The van der Waals surface area contributed by atoms with Crippen molar-refractivity contribution in [2.24, 2.45) is 16.3 Å². The number of thiazole rings is 1. The minimum absolute atomic E-state index is 0.0381. The molecule has 0 aliphatic heterocycles. The van der Waals surface area contributed by atoms with Crippen molar-refractivity contribution in [1.82, 2.24) is 10.3 Å². The van der Waals surface area contributed by atoms with Crippen molar-refractivity contribution in [2.45, 2.75) is 44.9 Å². The number of hydrogen-bond acceptors (Lipinski definition) is 5. The molecule has 1 fully saturated rings. The number of nitrogens with one attached hydrogen (secondary N) is 1. The molecule has 1 amide bonds. The van der Waals surface area contributed by atoms with Crippen molar-refractivity contribution in [3.63, 3.8) is 0 Å². The molecule has 1 heterocycles. The number of nitrogens with zero attached hydrogens (tertiary/aromatic N) is 2. The first-order valence-corrected chi connectivity index (χ1v) is 8.22. The van der Waals surface area contributed by atoms with Crippen LogP contribution in [0, 0.1) is 5.41 Å². The first-order chi connectivity index (χ1) is 10.2. The summed E-state index contributed by atoms with van der Waals surface area (Å²) in [5.41, 5.74) is 5.00. The smallest absolute Gasteiger partial charge is 0.233 e. The van der Waals surface area contributed by atoms with Crippen molar-refractivity contribution in [3.05, 3.63) is 16.6 Å². The van der Waals surface area contributed by atoms with Gasteiger partial charge in [-0.1, -0.05) is 30.8 Å². The van der Waals surface area contributed by atoms with Gasteiger partial charge >= 0.3 is 0 Å². The van der Waals surface area contributed by atoms with E-state index in [0.29, 0.717) is 25.8 Å². The van der Waals surface area contributed by atoms with Crippen molar-refractivity contribution in [3.8, 4) is 0 Å². The van der Waals surface area contributed by atoms with E-state index in [1.54, 1.807) is 17.5 Å². The van der Waals surface area contributed by atoms with Gasteiger partial charge in [-0.2, -0.15) is 0 Å². The molecule has 0 atom stereocenters. The second kappa shape index (κ2) is 7.40. The van der Waals surface area contributed by atoms with Gasteiger partial charge < -0.3 is 16.3 Å². The maximum atomic E-state index is 12.6. The molecule has 0 radical (unpaired) electrons. The Morgan fingerprint density at radius 1 is 1.43 bits per heavy atom. The zero-order valence-electron chi connectivity index (χ0n) is 12.0. The largest absolute Gasteiger partial charge is 0.409 e. The lowest BCUT2D eigenvalue weighted by molar-refractivity contribution is -0.128. The molecule has 0 spiro atoms. The molecule has 0 unspecified atom stereocenters. The highest BCUT2D eigenvalue weighted by Crippen LogP contribution is 2.35. The van der Waals surface area contributed by atoms with Gasteiger partial charge in [-0.3, -0.25) is 4.79 Å². The fourth-order valence-electron chi connectivity index (χ4n) is 2.86. The van der Waals surface area contributed by atoms with Crippen LogP contribution < -0.4 is 11.1 Å². The van der Waals surface area contributed by atoms with Crippen LogP contribution in [-0.2, 0) is 11.2 Å². The Bertz CT molecular complexity index is 479. The highest BCUT2D eigenvalue weighted by molar-refractivity contribution is 7.09. The van der Waals surface area contributed by atoms with Crippen LogP contribution in [0.5, 0.6) is 0 Å². The van der Waals surface area contributed by atoms with E-state index in [1.807, 2.05) is 5.38 Å². The molecule has 6 nitrogen and oxygen atoms in total. The van der Waals surface area contributed by atoms with Gasteiger partial charge in [0.1, 0.15) is 5.41 Å². The Morgan fingerprint density at radius 2 is 2.14 bits per heavy atom. The fraction of sp³-hybridized carbons (Fsp3) is 0.643. The van der Waals surface area contributed by atoms with E-state index in [9.17, 15) is 4.79 Å². The minimum Gasteiger partial charge on any atom is -0.409 e. The molecule has 1 aromatic heterocycles. The zero-order valence-corrected chi connectivity index (χ0v) is 12.9. The molecule has 2 rings (SSSR count). The topological polar surface area (TPSA) is 101 Å². The number of rotatable bonds is 5. The average molecular weight is 310 g/mol. The quantitative estimate of drug-likeness (QED) is 0.254. The number of amidine groups is 1. The van der Waals surface area contributed by atoms with E-state index < -0.39 is 5.41 Å². The minimum atomic E-state index is -0.853. The summed E-state index contributed by atoms with van der Waals surface area (Å²) in [6, 6.07) is 0. The first kappa shape index (κ1) is 15.8. The third kappa shape index (κ3) is 3.72. The number of hydrogen-bond donors (Lipinski definition) is 3. The number of carbonyl (C=O) groups excluding carboxylic acids is 1. The normalized spacial score (nSPS) is 19.0. The van der Waals surface area contributed by atoms with Gasteiger partial charge in [0.05, 0.1) is 5.01 Å². The third-order valence-corrected chi connectivity index (χ3v) is 4.94. The van der Waals surface area contributed by atoms with Crippen LogP contribution in [0.1, 0.15) is 43.5 Å². The maximum absolute atomic E-state index is 12.6. The number of carbonyl (C=O) groups is 1. The molecule has 21 heavy (non-hydrogen) atoms. The van der Waals surface area contributed by atoms with Crippen LogP contribution in [-0.4, -0.2) is 28.5 Å². The summed E-state index contributed by atoms with van der Waals surface area (Å²) >= 11 is 1.57. The van der Waals surface area contributed by atoms with Gasteiger partial charge in [-0.25, -0.2) is 4.98 Å². The lowest BCUT2D eigenvalue weighted by Gasteiger charge is -2.29. The summed E-state index contributed by atoms with van der Waals surface area (Å²) in [6.07, 6.45) is 7.78. The standard InChI is InChI=1S/C14H22N4O2S/c15-12(18-20)14(6-3-1-2-4-7-14)13(19)17-8-5-11-16-9-10-21-11/h9-10,20H,1-8H2,(H2,15,18)(H,17,19). The zero-order chi connectivity index (χ0) is 15.1. The van der Waals surface area contributed by atoms with Gasteiger partial charge in [0.25, 0.3) is 0 Å². The molecule has 7 heteroatoms. The molecule has 1 aromatic rings. The van der Waals surface area contributed by atoms with Crippen LogP contribution in [0.2, 0.25) is 0 Å². The van der Waals surface area contributed by atoms with Gasteiger partial charge in [-0.05, 0) is 12.8 Å². The Hall–Kier alpha value is -1.63. The fourth-order valence-corrected chi connectivity index (χ4v) is 3.48. The highest BCUT2D eigenvalue weighted by Gasteiger charge is 2.42. The van der Waals surface area contributed by atoms with Gasteiger partial charge in [-0.15, -0.1) is 11.3 Å².